The molecule has 1 aromatic heterocycles. The van der Waals surface area contributed by atoms with E-state index in [2.05, 4.69) is 30.7 Å². The second kappa shape index (κ2) is 8.72. The Kier molecular flexibility index (Phi) is 7.29. The molecular formula is C16H26N2O3. The number of hydrogen-bond acceptors (Lipinski definition) is 5. The van der Waals surface area contributed by atoms with Crippen LogP contribution in [0, 0.1) is 5.92 Å². The van der Waals surface area contributed by atoms with Crippen LogP contribution in [0.5, 0.6) is 0 Å². The van der Waals surface area contributed by atoms with Crippen LogP contribution >= 0.6 is 0 Å². The molecule has 1 atom stereocenters. The van der Waals surface area contributed by atoms with E-state index in [0.29, 0.717) is 24.6 Å². The zero-order valence-electron chi connectivity index (χ0n) is 13.7. The molecule has 0 fully saturated rings. The van der Waals surface area contributed by atoms with Gasteiger partial charge in [-0.1, -0.05) is 27.2 Å². The Bertz CT molecular complexity index is 461. The molecule has 0 aliphatic carbocycles. The van der Waals surface area contributed by atoms with Gasteiger partial charge < -0.3 is 9.47 Å². The van der Waals surface area contributed by atoms with E-state index in [9.17, 15) is 4.79 Å². The van der Waals surface area contributed by atoms with Gasteiger partial charge in [0.1, 0.15) is 6.10 Å². The van der Waals surface area contributed by atoms with Gasteiger partial charge in [0.2, 0.25) is 0 Å². The number of carbonyl (C=O) groups excluding carboxylic acids is 1. The van der Waals surface area contributed by atoms with Crippen LogP contribution in [0.2, 0.25) is 0 Å². The first-order valence-corrected chi connectivity index (χ1v) is 7.69. The highest BCUT2D eigenvalue weighted by atomic mass is 16.5. The van der Waals surface area contributed by atoms with Crippen molar-refractivity contribution in [3.63, 3.8) is 0 Å². The number of aryl methyl sites for hydroxylation is 1. The van der Waals surface area contributed by atoms with Crippen LogP contribution in [-0.4, -0.2) is 29.2 Å². The second-order valence-corrected chi connectivity index (χ2v) is 5.18. The van der Waals surface area contributed by atoms with Crippen LogP contribution in [0.4, 0.5) is 0 Å². The lowest BCUT2D eigenvalue weighted by Crippen LogP contribution is -2.18. The van der Waals surface area contributed by atoms with E-state index in [4.69, 9.17) is 9.47 Å². The van der Waals surface area contributed by atoms with E-state index >= 15 is 0 Å². The van der Waals surface area contributed by atoms with Crippen LogP contribution in [0.25, 0.3) is 0 Å². The van der Waals surface area contributed by atoms with Gasteiger partial charge in [0, 0.05) is 12.8 Å². The maximum atomic E-state index is 11.9. The van der Waals surface area contributed by atoms with Crippen LogP contribution in [0.1, 0.15) is 69.0 Å². The maximum absolute atomic E-state index is 11.9. The number of nitrogens with zero attached hydrogens (tertiary/aromatic N) is 2. The average Bonchev–Trinajstić information content (AvgIpc) is 2.45. The predicted molar refractivity (Wildman–Crippen MR) is 81.2 cm³/mol. The van der Waals surface area contributed by atoms with Gasteiger partial charge in [0.25, 0.3) is 0 Å². The molecule has 0 radical (unpaired) electrons. The summed E-state index contributed by atoms with van der Waals surface area (Å²) < 4.78 is 10.8. The summed E-state index contributed by atoms with van der Waals surface area (Å²) in [5.41, 5.74) is 1.20. The number of rotatable bonds is 8. The summed E-state index contributed by atoms with van der Waals surface area (Å²) in [6, 6.07) is 0. The van der Waals surface area contributed by atoms with Gasteiger partial charge in [0.15, 0.2) is 5.82 Å². The quantitative estimate of drug-likeness (QED) is 0.688. The Balaban J connectivity index is 3.14. The summed E-state index contributed by atoms with van der Waals surface area (Å²) in [6.07, 6.45) is 3.05. The topological polar surface area (TPSA) is 61.3 Å². The normalized spacial score (nSPS) is 12.5. The molecule has 21 heavy (non-hydrogen) atoms. The van der Waals surface area contributed by atoms with Gasteiger partial charge >= 0.3 is 5.97 Å². The Morgan fingerprint density at radius 3 is 2.48 bits per heavy atom. The van der Waals surface area contributed by atoms with E-state index in [1.807, 2.05) is 6.92 Å². The maximum Gasteiger partial charge on any atom is 0.341 e. The molecule has 5 nitrogen and oxygen atoms in total. The molecule has 0 amide bonds. The number of hydrogen-bond donors (Lipinski definition) is 0. The highest BCUT2D eigenvalue weighted by molar-refractivity contribution is 5.90. The number of aromatic nitrogens is 2. The molecular weight excluding hydrogens is 268 g/mol. The molecule has 0 aromatic carbocycles. The Hall–Kier alpha value is -1.49. The van der Waals surface area contributed by atoms with Gasteiger partial charge in [-0.05, 0) is 26.2 Å². The van der Waals surface area contributed by atoms with Crippen LogP contribution < -0.4 is 0 Å². The van der Waals surface area contributed by atoms with E-state index in [1.54, 1.807) is 13.1 Å². The molecule has 0 spiro atoms. The van der Waals surface area contributed by atoms with Crippen molar-refractivity contribution in [1.82, 2.24) is 9.97 Å². The Morgan fingerprint density at radius 2 is 1.95 bits per heavy atom. The minimum atomic E-state index is -0.356. The monoisotopic (exact) mass is 294 g/mol. The average molecular weight is 294 g/mol. The summed E-state index contributed by atoms with van der Waals surface area (Å²) in [7, 11) is 0. The number of carbonyl (C=O) groups is 1. The standard InChI is InChI=1S/C16H26N2O3/c1-6-9-13-12(16(19)21-8-3)10-17-15(18-13)14(11(4)5)20-7-2/h10-11,14H,6-9H2,1-5H3. The fourth-order valence-corrected chi connectivity index (χ4v) is 2.12. The summed E-state index contributed by atoms with van der Waals surface area (Å²) in [5.74, 6) is 0.557. The van der Waals surface area contributed by atoms with Gasteiger partial charge in [-0.25, -0.2) is 14.8 Å². The van der Waals surface area contributed by atoms with Crippen LogP contribution in [0.3, 0.4) is 0 Å². The van der Waals surface area contributed by atoms with Crippen molar-refractivity contribution in [3.8, 4) is 0 Å². The lowest BCUT2D eigenvalue weighted by molar-refractivity contribution is 0.0229. The first kappa shape index (κ1) is 17.6. The molecule has 1 unspecified atom stereocenters. The largest absolute Gasteiger partial charge is 0.462 e. The molecule has 0 aliphatic rings. The molecule has 0 N–H and O–H groups in total. The smallest absolute Gasteiger partial charge is 0.341 e. The van der Waals surface area contributed by atoms with Crippen LogP contribution in [0.15, 0.2) is 6.20 Å². The molecule has 1 heterocycles. The summed E-state index contributed by atoms with van der Waals surface area (Å²) in [5, 5.41) is 0. The lowest BCUT2D eigenvalue weighted by atomic mass is 10.1. The molecule has 1 rings (SSSR count). The summed E-state index contributed by atoms with van der Waals surface area (Å²) in [4.78, 5) is 20.8. The van der Waals surface area contributed by atoms with E-state index < -0.39 is 0 Å². The summed E-state index contributed by atoms with van der Waals surface area (Å²) in [6.45, 7) is 10.9. The Labute approximate surface area is 127 Å². The molecule has 1 aromatic rings. The van der Waals surface area contributed by atoms with Crippen molar-refractivity contribution in [3.05, 3.63) is 23.3 Å². The highest BCUT2D eigenvalue weighted by Gasteiger charge is 2.22. The van der Waals surface area contributed by atoms with E-state index in [-0.39, 0.29) is 18.0 Å². The van der Waals surface area contributed by atoms with Gasteiger partial charge in [-0.3, -0.25) is 0 Å². The minimum absolute atomic E-state index is 0.151. The minimum Gasteiger partial charge on any atom is -0.462 e. The van der Waals surface area contributed by atoms with Crippen molar-refractivity contribution in [2.24, 2.45) is 5.92 Å². The van der Waals surface area contributed by atoms with Crippen molar-refractivity contribution in [1.29, 1.82) is 0 Å². The zero-order chi connectivity index (χ0) is 15.8. The fraction of sp³-hybridized carbons (Fsp3) is 0.688. The third-order valence-electron chi connectivity index (χ3n) is 3.07. The molecule has 118 valence electrons. The van der Waals surface area contributed by atoms with Gasteiger partial charge in [0.05, 0.1) is 17.9 Å². The molecule has 5 heteroatoms. The van der Waals surface area contributed by atoms with Crippen molar-refractivity contribution >= 4 is 5.97 Å². The predicted octanol–water partition coefficient (Wildman–Crippen LogP) is 3.34. The first-order valence-electron chi connectivity index (χ1n) is 7.69. The first-order chi connectivity index (χ1) is 10.0. The molecule has 0 saturated carbocycles. The van der Waals surface area contributed by atoms with Crippen molar-refractivity contribution < 1.29 is 14.3 Å². The third kappa shape index (κ3) is 4.77. The molecule has 0 aliphatic heterocycles. The van der Waals surface area contributed by atoms with Crippen molar-refractivity contribution in [2.45, 2.75) is 53.6 Å². The molecule has 0 saturated heterocycles. The van der Waals surface area contributed by atoms with Gasteiger partial charge in [-0.15, -0.1) is 0 Å². The lowest BCUT2D eigenvalue weighted by Gasteiger charge is -2.20. The van der Waals surface area contributed by atoms with E-state index in [1.165, 1.54) is 0 Å². The van der Waals surface area contributed by atoms with Crippen molar-refractivity contribution in [2.75, 3.05) is 13.2 Å². The zero-order valence-corrected chi connectivity index (χ0v) is 13.7. The van der Waals surface area contributed by atoms with Gasteiger partial charge in [-0.2, -0.15) is 0 Å². The summed E-state index contributed by atoms with van der Waals surface area (Å²) >= 11 is 0. The Morgan fingerprint density at radius 1 is 1.24 bits per heavy atom. The fourth-order valence-electron chi connectivity index (χ4n) is 2.12. The highest BCUT2D eigenvalue weighted by Crippen LogP contribution is 2.24. The number of ether oxygens (including phenoxy) is 2. The second-order valence-electron chi connectivity index (χ2n) is 5.18. The molecule has 0 bridgehead atoms. The van der Waals surface area contributed by atoms with Crippen LogP contribution in [-0.2, 0) is 15.9 Å². The third-order valence-corrected chi connectivity index (χ3v) is 3.07. The van der Waals surface area contributed by atoms with E-state index in [0.717, 1.165) is 18.5 Å². The number of esters is 1. The SMILES string of the molecule is CCCc1nc(C(OCC)C(C)C)ncc1C(=O)OCC.